The van der Waals surface area contributed by atoms with Crippen molar-refractivity contribution < 1.29 is 14.8 Å². The first kappa shape index (κ1) is 15.1. The van der Waals surface area contributed by atoms with Crippen molar-refractivity contribution in [3.05, 3.63) is 62.1 Å². The highest BCUT2D eigenvalue weighted by atomic mass is 35.5. The zero-order valence-corrected chi connectivity index (χ0v) is 11.9. The van der Waals surface area contributed by atoms with Gasteiger partial charge in [-0.1, -0.05) is 23.2 Å². The quantitative estimate of drug-likeness (QED) is 0.643. The molecule has 0 saturated carbocycles. The number of rotatable bonds is 4. The summed E-state index contributed by atoms with van der Waals surface area (Å²) in [6.45, 7) is 0. The molecule has 108 valence electrons. The first-order chi connectivity index (χ1) is 9.88. The fourth-order valence-corrected chi connectivity index (χ4v) is 2.21. The summed E-state index contributed by atoms with van der Waals surface area (Å²) in [5.41, 5.74) is 0.794. The summed E-state index contributed by atoms with van der Waals surface area (Å²) in [7, 11) is 0. The van der Waals surface area contributed by atoms with Crippen molar-refractivity contribution in [2.24, 2.45) is 0 Å². The van der Waals surface area contributed by atoms with E-state index in [1.807, 2.05) is 0 Å². The Bertz CT molecular complexity index is 694. The lowest BCUT2D eigenvalue weighted by molar-refractivity contribution is -0.384. The molecule has 0 saturated heterocycles. The number of nitro groups is 1. The number of aromatic carboxylic acids is 1. The molecule has 0 aliphatic heterocycles. The monoisotopic (exact) mass is 326 g/mol. The van der Waals surface area contributed by atoms with Crippen molar-refractivity contribution in [1.82, 2.24) is 0 Å². The minimum absolute atomic E-state index is 0.0285. The summed E-state index contributed by atoms with van der Waals surface area (Å²) in [4.78, 5) is 20.9. The smallest absolute Gasteiger partial charge is 0.335 e. The van der Waals surface area contributed by atoms with Crippen LogP contribution in [0.25, 0.3) is 0 Å². The minimum Gasteiger partial charge on any atom is -0.478 e. The van der Waals surface area contributed by atoms with Crippen LogP contribution in [0.15, 0.2) is 36.4 Å². The van der Waals surface area contributed by atoms with Gasteiger partial charge in [0.15, 0.2) is 0 Å². The highest BCUT2D eigenvalue weighted by molar-refractivity contribution is 6.39. The van der Waals surface area contributed by atoms with E-state index in [2.05, 4.69) is 5.32 Å². The molecule has 2 rings (SSSR count). The van der Waals surface area contributed by atoms with Gasteiger partial charge < -0.3 is 10.4 Å². The summed E-state index contributed by atoms with van der Waals surface area (Å²) in [6.07, 6.45) is 0. The van der Waals surface area contributed by atoms with Crippen molar-refractivity contribution in [3.8, 4) is 0 Å². The standard InChI is InChI=1S/C13H8Cl2N2O4/c14-10-5-7(13(18)19)6-11(15)12(10)16-8-1-3-9(4-2-8)17(20)21/h1-6,16H,(H,18,19). The van der Waals surface area contributed by atoms with Crippen molar-refractivity contribution >= 4 is 46.2 Å². The van der Waals surface area contributed by atoms with Crippen molar-refractivity contribution in [3.63, 3.8) is 0 Å². The summed E-state index contributed by atoms with van der Waals surface area (Å²) < 4.78 is 0. The van der Waals surface area contributed by atoms with Gasteiger partial charge in [-0.25, -0.2) is 4.79 Å². The normalized spacial score (nSPS) is 10.2. The SMILES string of the molecule is O=C(O)c1cc(Cl)c(Nc2ccc([N+](=O)[O-])cc2)c(Cl)c1. The Hall–Kier alpha value is -2.31. The zero-order valence-electron chi connectivity index (χ0n) is 10.3. The predicted octanol–water partition coefficient (Wildman–Crippen LogP) is 4.34. The topological polar surface area (TPSA) is 92.5 Å². The molecule has 6 nitrogen and oxygen atoms in total. The molecule has 0 unspecified atom stereocenters. The maximum atomic E-state index is 10.9. The second kappa shape index (κ2) is 5.99. The number of benzene rings is 2. The molecule has 0 fully saturated rings. The van der Waals surface area contributed by atoms with E-state index in [0.717, 1.165) is 0 Å². The van der Waals surface area contributed by atoms with Gasteiger partial charge in [0.05, 0.1) is 26.2 Å². The van der Waals surface area contributed by atoms with E-state index in [-0.39, 0.29) is 21.3 Å². The van der Waals surface area contributed by atoms with Gasteiger partial charge in [-0.2, -0.15) is 0 Å². The van der Waals surface area contributed by atoms with Crippen LogP contribution in [0.4, 0.5) is 17.1 Å². The number of non-ortho nitro benzene ring substituents is 1. The summed E-state index contributed by atoms with van der Waals surface area (Å²) >= 11 is 12.0. The van der Waals surface area contributed by atoms with E-state index in [1.165, 1.54) is 36.4 Å². The van der Waals surface area contributed by atoms with E-state index in [0.29, 0.717) is 11.4 Å². The number of anilines is 2. The molecule has 0 amide bonds. The molecule has 0 spiro atoms. The van der Waals surface area contributed by atoms with Gasteiger partial charge in [0.25, 0.3) is 5.69 Å². The maximum Gasteiger partial charge on any atom is 0.335 e. The molecule has 0 atom stereocenters. The molecular weight excluding hydrogens is 319 g/mol. The summed E-state index contributed by atoms with van der Waals surface area (Å²) in [5.74, 6) is -1.14. The van der Waals surface area contributed by atoms with E-state index >= 15 is 0 Å². The van der Waals surface area contributed by atoms with Gasteiger partial charge in [0.1, 0.15) is 0 Å². The first-order valence-electron chi connectivity index (χ1n) is 5.62. The number of nitrogens with zero attached hydrogens (tertiary/aromatic N) is 1. The highest BCUT2D eigenvalue weighted by Gasteiger charge is 2.13. The third-order valence-corrected chi connectivity index (χ3v) is 3.23. The molecule has 0 heterocycles. The van der Waals surface area contributed by atoms with Crippen LogP contribution in [0.2, 0.25) is 10.0 Å². The van der Waals surface area contributed by atoms with Crippen LogP contribution in [0.1, 0.15) is 10.4 Å². The van der Waals surface area contributed by atoms with Crippen LogP contribution in [0, 0.1) is 10.1 Å². The van der Waals surface area contributed by atoms with Crippen LogP contribution in [-0.4, -0.2) is 16.0 Å². The summed E-state index contributed by atoms with van der Waals surface area (Å²) in [6, 6.07) is 8.18. The van der Waals surface area contributed by atoms with E-state index in [1.54, 1.807) is 0 Å². The van der Waals surface area contributed by atoms with Crippen LogP contribution >= 0.6 is 23.2 Å². The van der Waals surface area contributed by atoms with Crippen molar-refractivity contribution in [2.45, 2.75) is 0 Å². The van der Waals surface area contributed by atoms with Gasteiger partial charge in [-0.15, -0.1) is 0 Å². The van der Waals surface area contributed by atoms with Gasteiger partial charge in [0.2, 0.25) is 0 Å². The van der Waals surface area contributed by atoms with Gasteiger partial charge in [0, 0.05) is 17.8 Å². The molecule has 0 radical (unpaired) electrons. The Labute approximate surface area is 129 Å². The number of nitro benzene ring substituents is 1. The fourth-order valence-electron chi connectivity index (χ4n) is 1.63. The second-order valence-electron chi connectivity index (χ2n) is 4.05. The number of halogens is 2. The molecule has 2 aromatic rings. The Morgan fingerprint density at radius 2 is 1.67 bits per heavy atom. The van der Waals surface area contributed by atoms with Crippen LogP contribution in [0.5, 0.6) is 0 Å². The van der Waals surface area contributed by atoms with Crippen LogP contribution in [0.3, 0.4) is 0 Å². The number of carboxylic acids is 1. The lowest BCUT2D eigenvalue weighted by Crippen LogP contribution is -1.99. The molecule has 2 aromatic carbocycles. The third kappa shape index (κ3) is 3.42. The number of hydrogen-bond donors (Lipinski definition) is 2. The average molecular weight is 327 g/mol. The summed E-state index contributed by atoms with van der Waals surface area (Å²) in [5, 5.41) is 22.6. The van der Waals surface area contributed by atoms with Crippen LogP contribution < -0.4 is 5.32 Å². The van der Waals surface area contributed by atoms with E-state index < -0.39 is 10.9 Å². The van der Waals surface area contributed by atoms with E-state index in [4.69, 9.17) is 28.3 Å². The lowest BCUT2D eigenvalue weighted by atomic mass is 10.2. The third-order valence-electron chi connectivity index (χ3n) is 2.64. The fraction of sp³-hybridized carbons (Fsp3) is 0. The van der Waals surface area contributed by atoms with E-state index in [9.17, 15) is 14.9 Å². The largest absolute Gasteiger partial charge is 0.478 e. The maximum absolute atomic E-state index is 10.9. The number of carbonyl (C=O) groups is 1. The number of carboxylic acid groups (broad SMARTS) is 1. The van der Waals surface area contributed by atoms with Crippen LogP contribution in [-0.2, 0) is 0 Å². The lowest BCUT2D eigenvalue weighted by Gasteiger charge is -2.11. The second-order valence-corrected chi connectivity index (χ2v) is 4.86. The molecule has 0 aromatic heterocycles. The predicted molar refractivity (Wildman–Crippen MR) is 79.8 cm³/mol. The first-order valence-corrected chi connectivity index (χ1v) is 6.38. The molecule has 21 heavy (non-hydrogen) atoms. The molecule has 0 aliphatic carbocycles. The Morgan fingerprint density at radius 3 is 2.10 bits per heavy atom. The van der Waals surface area contributed by atoms with Gasteiger partial charge in [-0.3, -0.25) is 10.1 Å². The van der Waals surface area contributed by atoms with Crippen molar-refractivity contribution in [1.29, 1.82) is 0 Å². The number of hydrogen-bond acceptors (Lipinski definition) is 4. The van der Waals surface area contributed by atoms with Crippen molar-refractivity contribution in [2.75, 3.05) is 5.32 Å². The molecule has 2 N–H and O–H groups in total. The minimum atomic E-state index is -1.14. The van der Waals surface area contributed by atoms with Gasteiger partial charge >= 0.3 is 5.97 Å². The van der Waals surface area contributed by atoms with Gasteiger partial charge in [-0.05, 0) is 24.3 Å². The zero-order chi connectivity index (χ0) is 15.6. The molecule has 0 bridgehead atoms. The molecule has 0 aliphatic rings. The number of nitrogens with one attached hydrogen (secondary N) is 1. The average Bonchev–Trinajstić information content (AvgIpc) is 2.43. The highest BCUT2D eigenvalue weighted by Crippen LogP contribution is 2.34. The Kier molecular flexibility index (Phi) is 4.30. The Balaban J connectivity index is 2.31. The molecular formula is C13H8Cl2N2O4. The Morgan fingerprint density at radius 1 is 1.14 bits per heavy atom. The molecule has 8 heteroatoms.